The predicted octanol–water partition coefficient (Wildman–Crippen LogP) is 0.950. The molecule has 0 saturated carbocycles. The summed E-state index contributed by atoms with van der Waals surface area (Å²) in [4.78, 5) is 25.1. The number of aliphatic hydroxyl groups excluding tert-OH is 1. The van der Waals surface area contributed by atoms with E-state index in [1.165, 1.54) is 11.8 Å². The standard InChI is InChI=1S/C16H31NO7Si/c1-5-22-25(23-6-2,24-7-3)10-8-9-21-16(20)15-11-14(19)12-17(15)13(4)18/h14-15,19H,5-12H2,1-4H3/t14?,15-/m1/s1. The van der Waals surface area contributed by atoms with Gasteiger partial charge in [0.25, 0.3) is 0 Å². The molecule has 1 N–H and O–H groups in total. The minimum atomic E-state index is -2.74. The second-order valence-electron chi connectivity index (χ2n) is 5.83. The van der Waals surface area contributed by atoms with Crippen molar-refractivity contribution in [1.29, 1.82) is 0 Å². The number of nitrogens with zero attached hydrogens (tertiary/aromatic N) is 1. The molecule has 0 aromatic heterocycles. The van der Waals surface area contributed by atoms with E-state index in [1.54, 1.807) is 0 Å². The van der Waals surface area contributed by atoms with Crippen LogP contribution in [0, 0.1) is 0 Å². The highest BCUT2D eigenvalue weighted by molar-refractivity contribution is 6.60. The average molecular weight is 378 g/mol. The molecule has 1 fully saturated rings. The molecule has 1 heterocycles. The van der Waals surface area contributed by atoms with E-state index in [-0.39, 0.29) is 25.5 Å². The molecule has 1 aliphatic rings. The van der Waals surface area contributed by atoms with E-state index in [0.29, 0.717) is 32.3 Å². The smallest absolute Gasteiger partial charge is 0.464 e. The second kappa shape index (κ2) is 10.9. The summed E-state index contributed by atoms with van der Waals surface area (Å²) in [5, 5.41) is 9.68. The molecule has 2 atom stereocenters. The molecule has 1 amide bonds. The number of amides is 1. The summed E-state index contributed by atoms with van der Waals surface area (Å²) in [5.74, 6) is -0.725. The Morgan fingerprint density at radius 1 is 1.12 bits per heavy atom. The van der Waals surface area contributed by atoms with Gasteiger partial charge in [0.2, 0.25) is 5.91 Å². The summed E-state index contributed by atoms with van der Waals surface area (Å²) in [6.45, 7) is 8.91. The number of hydrogen-bond acceptors (Lipinski definition) is 7. The van der Waals surface area contributed by atoms with Gasteiger partial charge in [-0.05, 0) is 27.2 Å². The van der Waals surface area contributed by atoms with Gasteiger partial charge in [-0.2, -0.15) is 0 Å². The molecule has 9 heteroatoms. The highest BCUT2D eigenvalue weighted by atomic mass is 28.4. The zero-order chi connectivity index (χ0) is 18.9. The van der Waals surface area contributed by atoms with Crippen molar-refractivity contribution >= 4 is 20.7 Å². The van der Waals surface area contributed by atoms with Crippen LogP contribution >= 0.6 is 0 Å². The number of β-amino-alcohol motifs (C(OH)–C–C–N with tert-alkyl or cyclic N) is 1. The first-order chi connectivity index (χ1) is 11.9. The van der Waals surface area contributed by atoms with Crippen LogP contribution in [0.25, 0.3) is 0 Å². The number of carbonyl (C=O) groups excluding carboxylic acids is 2. The van der Waals surface area contributed by atoms with Gasteiger partial charge in [-0.15, -0.1) is 0 Å². The highest BCUT2D eigenvalue weighted by Gasteiger charge is 2.41. The number of hydrogen-bond donors (Lipinski definition) is 1. The van der Waals surface area contributed by atoms with Crippen molar-refractivity contribution in [3.8, 4) is 0 Å². The van der Waals surface area contributed by atoms with Crippen molar-refractivity contribution in [1.82, 2.24) is 4.90 Å². The lowest BCUT2D eigenvalue weighted by atomic mass is 10.2. The Bertz CT molecular complexity index is 418. The van der Waals surface area contributed by atoms with E-state index in [9.17, 15) is 14.7 Å². The Kier molecular flexibility index (Phi) is 9.58. The highest BCUT2D eigenvalue weighted by Crippen LogP contribution is 2.21. The van der Waals surface area contributed by atoms with Crippen molar-refractivity contribution in [3.05, 3.63) is 0 Å². The second-order valence-corrected chi connectivity index (χ2v) is 8.56. The molecule has 8 nitrogen and oxygen atoms in total. The normalized spacial score (nSPS) is 20.8. The molecule has 1 aliphatic heterocycles. The van der Waals surface area contributed by atoms with Crippen molar-refractivity contribution < 1.29 is 32.7 Å². The van der Waals surface area contributed by atoms with Crippen LogP contribution in [-0.2, 0) is 27.6 Å². The summed E-state index contributed by atoms with van der Waals surface area (Å²) in [5.41, 5.74) is 0. The first kappa shape index (κ1) is 22.0. The molecule has 0 aromatic rings. The molecule has 0 bridgehead atoms. The van der Waals surface area contributed by atoms with E-state index in [4.69, 9.17) is 18.0 Å². The van der Waals surface area contributed by atoms with Crippen molar-refractivity contribution in [2.45, 2.75) is 58.7 Å². The Balaban J connectivity index is 2.49. The SMILES string of the molecule is CCO[Si](CCCOC(=O)[C@H]1CC(O)CN1C(C)=O)(OCC)OCC. The topological polar surface area (TPSA) is 94.5 Å². The summed E-state index contributed by atoms with van der Waals surface area (Å²) < 4.78 is 22.5. The van der Waals surface area contributed by atoms with Crippen LogP contribution in [0.1, 0.15) is 40.5 Å². The molecule has 1 saturated heterocycles. The van der Waals surface area contributed by atoms with Crippen LogP contribution < -0.4 is 0 Å². The van der Waals surface area contributed by atoms with Gasteiger partial charge in [0.05, 0.1) is 12.7 Å². The maximum absolute atomic E-state index is 12.2. The molecular weight excluding hydrogens is 346 g/mol. The molecule has 0 radical (unpaired) electrons. The average Bonchev–Trinajstić information content (AvgIpc) is 2.94. The van der Waals surface area contributed by atoms with E-state index < -0.39 is 26.9 Å². The predicted molar refractivity (Wildman–Crippen MR) is 92.8 cm³/mol. The first-order valence-electron chi connectivity index (χ1n) is 8.92. The minimum absolute atomic E-state index is 0.171. The molecule has 0 aliphatic carbocycles. The molecule has 0 spiro atoms. The third-order valence-corrected chi connectivity index (χ3v) is 7.07. The van der Waals surface area contributed by atoms with Crippen LogP contribution in [0.15, 0.2) is 0 Å². The summed E-state index contributed by atoms with van der Waals surface area (Å²) in [6.07, 6.45) is 0.0803. The maximum atomic E-state index is 12.2. The minimum Gasteiger partial charge on any atom is -0.464 e. The number of aliphatic hydroxyl groups is 1. The van der Waals surface area contributed by atoms with Crippen molar-refractivity contribution in [2.24, 2.45) is 0 Å². The van der Waals surface area contributed by atoms with Crippen molar-refractivity contribution in [2.75, 3.05) is 33.0 Å². The van der Waals surface area contributed by atoms with Crippen LogP contribution in [0.4, 0.5) is 0 Å². The van der Waals surface area contributed by atoms with Gasteiger partial charge in [0.15, 0.2) is 0 Å². The van der Waals surface area contributed by atoms with Gasteiger partial charge in [0, 0.05) is 45.8 Å². The molecule has 0 aromatic carbocycles. The molecule has 25 heavy (non-hydrogen) atoms. The Hall–Kier alpha value is -1.00. The first-order valence-corrected chi connectivity index (χ1v) is 10.9. The lowest BCUT2D eigenvalue weighted by Crippen LogP contribution is -2.46. The molecule has 1 rings (SSSR count). The monoisotopic (exact) mass is 377 g/mol. The van der Waals surface area contributed by atoms with Gasteiger partial charge in [-0.25, -0.2) is 4.79 Å². The number of rotatable bonds is 11. The fraction of sp³-hybridized carbons (Fsp3) is 0.875. The van der Waals surface area contributed by atoms with E-state index in [2.05, 4.69) is 0 Å². The van der Waals surface area contributed by atoms with Gasteiger partial charge in [-0.1, -0.05) is 0 Å². The van der Waals surface area contributed by atoms with E-state index >= 15 is 0 Å². The lowest BCUT2D eigenvalue weighted by molar-refractivity contribution is -0.152. The quantitative estimate of drug-likeness (QED) is 0.325. The van der Waals surface area contributed by atoms with Crippen LogP contribution in [0.5, 0.6) is 0 Å². The Morgan fingerprint density at radius 3 is 2.16 bits per heavy atom. The summed E-state index contributed by atoms with van der Waals surface area (Å²) in [6, 6.07) is -0.153. The fourth-order valence-electron chi connectivity index (χ4n) is 2.94. The Labute approximate surface area is 150 Å². The fourth-order valence-corrected chi connectivity index (χ4v) is 5.52. The largest absolute Gasteiger partial charge is 0.501 e. The van der Waals surface area contributed by atoms with Gasteiger partial charge in [0.1, 0.15) is 6.04 Å². The summed E-state index contributed by atoms with van der Waals surface area (Å²) >= 11 is 0. The third-order valence-electron chi connectivity index (χ3n) is 3.92. The molecular formula is C16H31NO7Si. The number of esters is 1. The van der Waals surface area contributed by atoms with Gasteiger partial charge >= 0.3 is 14.8 Å². The lowest BCUT2D eigenvalue weighted by Gasteiger charge is -2.28. The van der Waals surface area contributed by atoms with Crippen LogP contribution in [-0.4, -0.2) is 75.8 Å². The molecule has 146 valence electrons. The van der Waals surface area contributed by atoms with Gasteiger partial charge in [-0.3, -0.25) is 4.79 Å². The van der Waals surface area contributed by atoms with E-state index in [1.807, 2.05) is 20.8 Å². The number of ether oxygens (including phenoxy) is 1. The molecule has 1 unspecified atom stereocenters. The third kappa shape index (κ3) is 6.67. The Morgan fingerprint density at radius 2 is 1.68 bits per heavy atom. The zero-order valence-corrected chi connectivity index (χ0v) is 16.7. The number of likely N-dealkylation sites (tertiary alicyclic amines) is 1. The zero-order valence-electron chi connectivity index (χ0n) is 15.7. The summed E-state index contributed by atoms with van der Waals surface area (Å²) in [7, 11) is -2.74. The van der Waals surface area contributed by atoms with Gasteiger partial charge < -0.3 is 28.0 Å². The van der Waals surface area contributed by atoms with E-state index in [0.717, 1.165) is 0 Å². The number of carbonyl (C=O) groups is 2. The maximum Gasteiger partial charge on any atom is 0.501 e. The van der Waals surface area contributed by atoms with Crippen LogP contribution in [0.3, 0.4) is 0 Å². The van der Waals surface area contributed by atoms with Crippen molar-refractivity contribution in [3.63, 3.8) is 0 Å². The van der Waals surface area contributed by atoms with Crippen LogP contribution in [0.2, 0.25) is 6.04 Å².